The summed E-state index contributed by atoms with van der Waals surface area (Å²) in [4.78, 5) is 7.56. The average molecular weight is 333 g/mol. The molecule has 25 heavy (non-hydrogen) atoms. The first-order valence-corrected chi connectivity index (χ1v) is 9.25. The molecule has 5 rings (SSSR count). The summed E-state index contributed by atoms with van der Waals surface area (Å²) < 4.78 is 2.12. The molecule has 3 heterocycles. The van der Waals surface area contributed by atoms with E-state index in [0.717, 1.165) is 50.4 Å². The molecular formula is C20H23N5. The Morgan fingerprint density at radius 3 is 2.64 bits per heavy atom. The number of aromatic nitrogens is 3. The van der Waals surface area contributed by atoms with Crippen molar-refractivity contribution in [1.82, 2.24) is 19.9 Å². The zero-order valence-corrected chi connectivity index (χ0v) is 14.6. The molecule has 2 aromatic heterocycles. The van der Waals surface area contributed by atoms with Crippen LogP contribution in [0.2, 0.25) is 0 Å². The van der Waals surface area contributed by atoms with Gasteiger partial charge in [0.15, 0.2) is 5.65 Å². The molecule has 0 bridgehead atoms. The number of aryl methyl sites for hydroxylation is 2. The van der Waals surface area contributed by atoms with Crippen LogP contribution in [-0.4, -0.2) is 40.8 Å². The number of nitrogens with one attached hydrogen (secondary N) is 1. The van der Waals surface area contributed by atoms with Crippen LogP contribution in [-0.2, 0) is 12.8 Å². The second kappa shape index (κ2) is 5.85. The number of piperazine rings is 1. The Morgan fingerprint density at radius 1 is 1.04 bits per heavy atom. The lowest BCUT2D eigenvalue weighted by Crippen LogP contribution is -2.44. The van der Waals surface area contributed by atoms with E-state index in [2.05, 4.69) is 52.0 Å². The van der Waals surface area contributed by atoms with Gasteiger partial charge in [-0.2, -0.15) is 9.61 Å². The van der Waals surface area contributed by atoms with Crippen molar-refractivity contribution in [3.05, 3.63) is 47.3 Å². The van der Waals surface area contributed by atoms with E-state index in [0.29, 0.717) is 0 Å². The first kappa shape index (κ1) is 14.9. The van der Waals surface area contributed by atoms with E-state index in [1.165, 1.54) is 34.6 Å². The fourth-order valence-electron chi connectivity index (χ4n) is 4.26. The molecule has 3 aromatic rings. The predicted molar refractivity (Wildman–Crippen MR) is 100 cm³/mol. The van der Waals surface area contributed by atoms with Gasteiger partial charge >= 0.3 is 0 Å². The second-order valence-electron chi connectivity index (χ2n) is 7.01. The Bertz CT molecular complexity index is 922. The largest absolute Gasteiger partial charge is 0.354 e. The first-order chi connectivity index (χ1) is 12.3. The molecule has 0 saturated carbocycles. The summed E-state index contributed by atoms with van der Waals surface area (Å²) in [6.07, 6.45) is 3.41. The minimum atomic E-state index is 1.01. The van der Waals surface area contributed by atoms with E-state index in [1.54, 1.807) is 0 Å². The summed E-state index contributed by atoms with van der Waals surface area (Å²) in [5.74, 6) is 1.28. The van der Waals surface area contributed by atoms with Crippen LogP contribution in [0.3, 0.4) is 0 Å². The van der Waals surface area contributed by atoms with E-state index in [1.807, 2.05) is 0 Å². The monoisotopic (exact) mass is 333 g/mol. The van der Waals surface area contributed by atoms with Gasteiger partial charge in [-0.3, -0.25) is 0 Å². The molecule has 0 atom stereocenters. The lowest BCUT2D eigenvalue weighted by molar-refractivity contribution is 0.577. The molecule has 0 amide bonds. The molecule has 5 heteroatoms. The van der Waals surface area contributed by atoms with Gasteiger partial charge in [0.1, 0.15) is 5.82 Å². The van der Waals surface area contributed by atoms with Crippen molar-refractivity contribution in [2.45, 2.75) is 26.2 Å². The van der Waals surface area contributed by atoms with Crippen molar-refractivity contribution in [2.75, 3.05) is 31.1 Å². The first-order valence-electron chi connectivity index (χ1n) is 9.25. The van der Waals surface area contributed by atoms with Crippen molar-refractivity contribution in [1.29, 1.82) is 0 Å². The summed E-state index contributed by atoms with van der Waals surface area (Å²) in [6.45, 7) is 6.23. The van der Waals surface area contributed by atoms with Gasteiger partial charge in [-0.05, 0) is 31.7 Å². The van der Waals surface area contributed by atoms with Crippen LogP contribution in [0.1, 0.15) is 23.4 Å². The molecule has 0 unspecified atom stereocenters. The highest BCUT2D eigenvalue weighted by Crippen LogP contribution is 2.35. The Hall–Kier alpha value is -2.40. The van der Waals surface area contributed by atoms with Gasteiger partial charge in [-0.15, -0.1) is 0 Å². The van der Waals surface area contributed by atoms with Gasteiger partial charge in [0.05, 0.1) is 5.69 Å². The van der Waals surface area contributed by atoms with Gasteiger partial charge in [-0.25, -0.2) is 4.98 Å². The highest BCUT2D eigenvalue weighted by molar-refractivity contribution is 5.81. The summed E-state index contributed by atoms with van der Waals surface area (Å²) in [6, 6.07) is 10.5. The lowest BCUT2D eigenvalue weighted by atomic mass is 10.1. The maximum Gasteiger partial charge on any atom is 0.165 e. The molecule has 5 nitrogen and oxygen atoms in total. The molecule has 2 aliphatic rings. The Kier molecular flexibility index (Phi) is 3.48. The number of anilines is 1. The molecule has 1 saturated heterocycles. The van der Waals surface area contributed by atoms with Crippen LogP contribution in [0.4, 0.5) is 5.82 Å². The SMILES string of the molecule is Cc1nn2c(N3CCNCC3)c3c(nc2c1-c1ccccc1)CCC3. The lowest BCUT2D eigenvalue weighted by Gasteiger charge is -2.31. The minimum absolute atomic E-state index is 1.01. The van der Waals surface area contributed by atoms with Crippen molar-refractivity contribution < 1.29 is 0 Å². The maximum absolute atomic E-state index is 5.07. The highest BCUT2D eigenvalue weighted by atomic mass is 15.4. The fraction of sp³-hybridized carbons (Fsp3) is 0.400. The van der Waals surface area contributed by atoms with E-state index in [-0.39, 0.29) is 0 Å². The third-order valence-electron chi connectivity index (χ3n) is 5.42. The summed E-state index contributed by atoms with van der Waals surface area (Å²) >= 11 is 0. The van der Waals surface area contributed by atoms with Gasteiger partial charge in [0.2, 0.25) is 0 Å². The average Bonchev–Trinajstić information content (AvgIpc) is 3.24. The molecule has 0 spiro atoms. The van der Waals surface area contributed by atoms with Crippen LogP contribution in [0.15, 0.2) is 30.3 Å². The topological polar surface area (TPSA) is 45.5 Å². The van der Waals surface area contributed by atoms with Crippen LogP contribution in [0.25, 0.3) is 16.8 Å². The van der Waals surface area contributed by atoms with E-state index in [9.17, 15) is 0 Å². The number of hydrogen-bond donors (Lipinski definition) is 1. The summed E-state index contributed by atoms with van der Waals surface area (Å²) in [5, 5.41) is 8.39. The molecule has 1 fully saturated rings. The van der Waals surface area contributed by atoms with Gasteiger partial charge in [0, 0.05) is 43.0 Å². The molecule has 1 aromatic carbocycles. The highest BCUT2D eigenvalue weighted by Gasteiger charge is 2.27. The molecule has 1 N–H and O–H groups in total. The van der Waals surface area contributed by atoms with E-state index < -0.39 is 0 Å². The van der Waals surface area contributed by atoms with Gasteiger partial charge in [-0.1, -0.05) is 30.3 Å². The Morgan fingerprint density at radius 2 is 1.84 bits per heavy atom. The number of hydrogen-bond acceptors (Lipinski definition) is 4. The number of nitrogens with zero attached hydrogens (tertiary/aromatic N) is 4. The second-order valence-corrected chi connectivity index (χ2v) is 7.01. The third kappa shape index (κ3) is 2.34. The third-order valence-corrected chi connectivity index (χ3v) is 5.42. The van der Waals surface area contributed by atoms with Crippen molar-refractivity contribution in [3.63, 3.8) is 0 Å². The van der Waals surface area contributed by atoms with Crippen LogP contribution < -0.4 is 10.2 Å². The number of rotatable bonds is 2. The van der Waals surface area contributed by atoms with E-state index in [4.69, 9.17) is 10.1 Å². The maximum atomic E-state index is 5.07. The van der Waals surface area contributed by atoms with Crippen LogP contribution in [0.5, 0.6) is 0 Å². The smallest absolute Gasteiger partial charge is 0.165 e. The summed E-state index contributed by atoms with van der Waals surface area (Å²) in [7, 11) is 0. The minimum Gasteiger partial charge on any atom is -0.354 e. The van der Waals surface area contributed by atoms with Gasteiger partial charge < -0.3 is 10.2 Å². The van der Waals surface area contributed by atoms with E-state index >= 15 is 0 Å². The van der Waals surface area contributed by atoms with Gasteiger partial charge in [0.25, 0.3) is 0 Å². The van der Waals surface area contributed by atoms with Crippen molar-refractivity contribution in [2.24, 2.45) is 0 Å². The zero-order valence-electron chi connectivity index (χ0n) is 14.6. The zero-order chi connectivity index (χ0) is 16.8. The standard InChI is InChI=1S/C20H23N5/c1-14-18(15-6-3-2-4-7-15)19-22-17-9-5-8-16(17)20(25(19)23-14)24-12-10-21-11-13-24/h2-4,6-7,21H,5,8-13H2,1H3. The molecule has 128 valence electrons. The Labute approximate surface area is 147 Å². The van der Waals surface area contributed by atoms with Crippen molar-refractivity contribution >= 4 is 11.5 Å². The number of benzene rings is 1. The summed E-state index contributed by atoms with van der Waals surface area (Å²) in [5.41, 5.74) is 7.13. The predicted octanol–water partition coefficient (Wildman–Crippen LogP) is 2.60. The number of fused-ring (bicyclic) bond motifs is 2. The normalized spacial score (nSPS) is 17.2. The molecule has 1 aliphatic heterocycles. The van der Waals surface area contributed by atoms with Crippen LogP contribution >= 0.6 is 0 Å². The van der Waals surface area contributed by atoms with Crippen LogP contribution in [0, 0.1) is 6.92 Å². The Balaban J connectivity index is 1.78. The van der Waals surface area contributed by atoms with Crippen molar-refractivity contribution in [3.8, 4) is 11.1 Å². The fourth-order valence-corrected chi connectivity index (χ4v) is 4.26. The molecular weight excluding hydrogens is 310 g/mol. The molecule has 1 aliphatic carbocycles. The molecule has 0 radical (unpaired) electrons. The quantitative estimate of drug-likeness (QED) is 0.783.